The van der Waals surface area contributed by atoms with E-state index in [4.69, 9.17) is 15.2 Å². The topological polar surface area (TPSA) is 140 Å². The number of alkyl halides is 3. The van der Waals surface area contributed by atoms with Crippen LogP contribution < -0.4 is 16.4 Å². The van der Waals surface area contributed by atoms with E-state index < -0.39 is 65.5 Å². The Balaban J connectivity index is 1.36. The van der Waals surface area contributed by atoms with Crippen LogP contribution >= 0.6 is 0 Å². The Morgan fingerprint density at radius 3 is 2.60 bits per heavy atom. The van der Waals surface area contributed by atoms with E-state index in [-0.39, 0.29) is 25.1 Å². The van der Waals surface area contributed by atoms with Crippen molar-refractivity contribution in [3.8, 4) is 0 Å². The monoisotopic (exact) mass is 562 g/mol. The number of hydrogen-bond acceptors (Lipinski definition) is 7. The highest BCUT2D eigenvalue weighted by atomic mass is 19.4. The number of cyclic esters (lactones) is 1. The summed E-state index contributed by atoms with van der Waals surface area (Å²) < 4.78 is 50.4. The van der Waals surface area contributed by atoms with Gasteiger partial charge in [-0.05, 0) is 43.5 Å². The summed E-state index contributed by atoms with van der Waals surface area (Å²) in [5.74, 6) is -2.51. The highest BCUT2D eigenvalue weighted by molar-refractivity contribution is 5.99. The minimum atomic E-state index is -4.75. The third kappa shape index (κ3) is 6.71. The highest BCUT2D eigenvalue weighted by Crippen LogP contribution is 2.34. The number of anilines is 1. The Kier molecular flexibility index (Phi) is 8.62. The van der Waals surface area contributed by atoms with E-state index in [1.807, 2.05) is 30.3 Å². The predicted molar refractivity (Wildman–Crippen MR) is 135 cm³/mol. The van der Waals surface area contributed by atoms with Gasteiger partial charge in [0.15, 0.2) is 0 Å². The SMILES string of the molecule is CC(NC(=O)c1ccc(N)c(C(F)(F)F)c1)C(=O)N1CCCC1C(=O)NC1CC(=O)OC1OCc1ccccc1. The van der Waals surface area contributed by atoms with Gasteiger partial charge in [-0.25, -0.2) is 0 Å². The van der Waals surface area contributed by atoms with Crippen molar-refractivity contribution < 1.29 is 41.8 Å². The molecule has 4 unspecified atom stereocenters. The maximum atomic E-state index is 13.2. The van der Waals surface area contributed by atoms with E-state index >= 15 is 0 Å². The molecule has 2 aromatic rings. The van der Waals surface area contributed by atoms with Gasteiger partial charge in [0, 0.05) is 17.8 Å². The highest BCUT2D eigenvalue weighted by Gasteiger charge is 2.41. The summed E-state index contributed by atoms with van der Waals surface area (Å²) in [6.07, 6.45) is -4.98. The Morgan fingerprint density at radius 1 is 1.18 bits per heavy atom. The lowest BCUT2D eigenvalue weighted by Crippen LogP contribution is -2.54. The largest absolute Gasteiger partial charge is 0.433 e. The van der Waals surface area contributed by atoms with Crippen molar-refractivity contribution in [2.45, 2.75) is 63.4 Å². The maximum absolute atomic E-state index is 13.2. The molecule has 0 aliphatic carbocycles. The molecule has 2 aliphatic rings. The number of nitrogens with zero attached hydrogens (tertiary/aromatic N) is 1. The van der Waals surface area contributed by atoms with E-state index in [0.29, 0.717) is 18.9 Å². The van der Waals surface area contributed by atoms with Crippen molar-refractivity contribution in [1.82, 2.24) is 15.5 Å². The van der Waals surface area contributed by atoms with Crippen molar-refractivity contribution in [3.63, 3.8) is 0 Å². The van der Waals surface area contributed by atoms with E-state index in [2.05, 4.69) is 10.6 Å². The van der Waals surface area contributed by atoms with Crippen molar-refractivity contribution in [2.24, 2.45) is 0 Å². The van der Waals surface area contributed by atoms with Crippen LogP contribution in [0.25, 0.3) is 0 Å². The van der Waals surface area contributed by atoms with Gasteiger partial charge in [0.05, 0.1) is 18.6 Å². The van der Waals surface area contributed by atoms with Gasteiger partial charge in [0.25, 0.3) is 5.91 Å². The standard InChI is InChI=1S/C27H29F3N4O6/c1-15(32-23(36)17-9-10-19(31)18(12-17)27(28,29)30)25(38)34-11-5-8-21(34)24(37)33-20-13-22(35)40-26(20)39-14-16-6-3-2-4-7-16/h2-4,6-7,9-10,12,15,20-21,26H,5,8,11,13-14,31H2,1H3,(H,32,36)(H,33,37). The number of benzene rings is 2. The molecule has 214 valence electrons. The van der Waals surface area contributed by atoms with Gasteiger partial charge in [-0.15, -0.1) is 0 Å². The normalized spacial score (nSPS) is 21.6. The molecule has 2 aromatic carbocycles. The zero-order valence-corrected chi connectivity index (χ0v) is 21.6. The lowest BCUT2D eigenvalue weighted by atomic mass is 10.1. The molecule has 0 bridgehead atoms. The van der Waals surface area contributed by atoms with Gasteiger partial charge in [-0.3, -0.25) is 19.2 Å². The average Bonchev–Trinajstić information content (AvgIpc) is 3.53. The fourth-order valence-corrected chi connectivity index (χ4v) is 4.67. The van der Waals surface area contributed by atoms with Crippen LogP contribution in [-0.4, -0.2) is 59.6 Å². The number of esters is 1. The molecule has 10 nitrogen and oxygen atoms in total. The molecule has 3 amide bonds. The zero-order valence-electron chi connectivity index (χ0n) is 21.6. The van der Waals surface area contributed by atoms with E-state index in [9.17, 15) is 32.3 Å². The van der Waals surface area contributed by atoms with Crippen LogP contribution in [0, 0.1) is 0 Å². The molecule has 13 heteroatoms. The van der Waals surface area contributed by atoms with Gasteiger partial charge in [0.1, 0.15) is 18.1 Å². The molecule has 0 spiro atoms. The lowest BCUT2D eigenvalue weighted by Gasteiger charge is -2.28. The number of ether oxygens (including phenoxy) is 2. The maximum Gasteiger partial charge on any atom is 0.418 e. The van der Waals surface area contributed by atoms with Gasteiger partial charge >= 0.3 is 12.1 Å². The lowest BCUT2D eigenvalue weighted by molar-refractivity contribution is -0.168. The second-order valence-electron chi connectivity index (χ2n) is 9.66. The number of nitrogens with one attached hydrogen (secondary N) is 2. The van der Waals surface area contributed by atoms with Crippen LogP contribution in [0.1, 0.15) is 47.7 Å². The number of halogens is 3. The number of nitrogen functional groups attached to an aromatic ring is 1. The first kappa shape index (κ1) is 28.9. The Hall–Kier alpha value is -4.13. The third-order valence-corrected chi connectivity index (χ3v) is 6.72. The molecule has 2 aliphatic heterocycles. The molecule has 2 fully saturated rings. The fraction of sp³-hybridized carbons (Fsp3) is 0.407. The van der Waals surface area contributed by atoms with Gasteiger partial charge in [-0.2, -0.15) is 13.2 Å². The average molecular weight is 563 g/mol. The van der Waals surface area contributed by atoms with Crippen LogP contribution in [0.4, 0.5) is 18.9 Å². The van der Waals surface area contributed by atoms with Gasteiger partial charge in [0.2, 0.25) is 18.1 Å². The van der Waals surface area contributed by atoms with Crippen LogP contribution in [0.2, 0.25) is 0 Å². The third-order valence-electron chi connectivity index (χ3n) is 6.72. The van der Waals surface area contributed by atoms with Crippen LogP contribution in [0.5, 0.6) is 0 Å². The number of likely N-dealkylation sites (tertiary alicyclic amines) is 1. The molecule has 2 heterocycles. The molecular weight excluding hydrogens is 533 g/mol. The zero-order chi connectivity index (χ0) is 29.0. The number of amides is 3. The van der Waals surface area contributed by atoms with Crippen molar-refractivity contribution in [1.29, 1.82) is 0 Å². The van der Waals surface area contributed by atoms with Crippen molar-refractivity contribution in [3.05, 3.63) is 65.2 Å². The molecular formula is C27H29F3N4O6. The second kappa shape index (κ2) is 11.9. The molecule has 4 N–H and O–H groups in total. The molecule has 0 saturated carbocycles. The predicted octanol–water partition coefficient (Wildman–Crippen LogP) is 2.37. The first-order valence-electron chi connectivity index (χ1n) is 12.7. The quantitative estimate of drug-likeness (QED) is 0.332. The summed E-state index contributed by atoms with van der Waals surface area (Å²) in [6, 6.07) is 9.17. The Bertz CT molecular complexity index is 1270. The summed E-state index contributed by atoms with van der Waals surface area (Å²) in [5.41, 5.74) is 4.24. The minimum Gasteiger partial charge on any atom is -0.433 e. The van der Waals surface area contributed by atoms with Crippen LogP contribution in [-0.2, 0) is 36.6 Å². The van der Waals surface area contributed by atoms with Crippen LogP contribution in [0.15, 0.2) is 48.5 Å². The summed E-state index contributed by atoms with van der Waals surface area (Å²) in [6.45, 7) is 1.78. The number of carbonyl (C=O) groups excluding carboxylic acids is 4. The Morgan fingerprint density at radius 2 is 1.90 bits per heavy atom. The molecule has 2 saturated heterocycles. The fourth-order valence-electron chi connectivity index (χ4n) is 4.67. The summed E-state index contributed by atoms with van der Waals surface area (Å²) in [7, 11) is 0. The van der Waals surface area contributed by atoms with Crippen LogP contribution in [0.3, 0.4) is 0 Å². The summed E-state index contributed by atoms with van der Waals surface area (Å²) in [4.78, 5) is 52.1. The first-order valence-corrected chi connectivity index (χ1v) is 12.7. The number of rotatable bonds is 8. The van der Waals surface area contributed by atoms with Crippen molar-refractivity contribution >= 4 is 29.4 Å². The molecule has 4 rings (SSSR count). The molecule has 4 atom stereocenters. The van der Waals surface area contributed by atoms with E-state index in [1.54, 1.807) is 0 Å². The summed E-state index contributed by atoms with van der Waals surface area (Å²) in [5, 5.41) is 5.14. The smallest absolute Gasteiger partial charge is 0.418 e. The number of hydrogen-bond donors (Lipinski definition) is 3. The van der Waals surface area contributed by atoms with Crippen molar-refractivity contribution in [2.75, 3.05) is 12.3 Å². The minimum absolute atomic E-state index is 0.0974. The van der Waals surface area contributed by atoms with Gasteiger partial charge in [-0.1, -0.05) is 30.3 Å². The molecule has 0 radical (unpaired) electrons. The van der Waals surface area contributed by atoms with E-state index in [1.165, 1.54) is 11.8 Å². The summed E-state index contributed by atoms with van der Waals surface area (Å²) >= 11 is 0. The first-order chi connectivity index (χ1) is 18.9. The number of carbonyl (C=O) groups is 4. The van der Waals surface area contributed by atoms with Gasteiger partial charge < -0.3 is 30.7 Å². The molecule has 40 heavy (non-hydrogen) atoms. The second-order valence-corrected chi connectivity index (χ2v) is 9.66. The molecule has 0 aromatic heterocycles. The van der Waals surface area contributed by atoms with E-state index in [0.717, 1.165) is 17.7 Å². The number of nitrogens with two attached hydrogens (primary N) is 1. The Labute approximate surface area is 228 Å².